The summed E-state index contributed by atoms with van der Waals surface area (Å²) in [6, 6.07) is 0. The number of nitrogens with one attached hydrogen (secondary N) is 1. The molecule has 4 bridgehead atoms. The van der Waals surface area contributed by atoms with Crippen LogP contribution in [-0.4, -0.2) is 68.4 Å². The van der Waals surface area contributed by atoms with E-state index in [9.17, 15) is 18.0 Å². The number of amides is 2. The van der Waals surface area contributed by atoms with E-state index in [1.54, 1.807) is 4.90 Å². The fraction of sp³-hybridized carbons (Fsp3) is 0.895. The molecule has 8 heteroatoms. The van der Waals surface area contributed by atoms with Crippen molar-refractivity contribution in [2.45, 2.75) is 44.9 Å². The summed E-state index contributed by atoms with van der Waals surface area (Å²) in [7, 11) is -3.20. The van der Waals surface area contributed by atoms with E-state index in [1.807, 2.05) is 0 Å². The Morgan fingerprint density at radius 3 is 1.96 bits per heavy atom. The fourth-order valence-corrected chi connectivity index (χ4v) is 7.29. The molecule has 0 atom stereocenters. The van der Waals surface area contributed by atoms with E-state index >= 15 is 0 Å². The van der Waals surface area contributed by atoms with Crippen molar-refractivity contribution in [2.75, 3.05) is 39.0 Å². The molecule has 0 aromatic rings. The molecule has 5 fully saturated rings. The lowest BCUT2D eigenvalue weighted by atomic mass is 9.49. The van der Waals surface area contributed by atoms with Crippen molar-refractivity contribution in [3.8, 4) is 0 Å². The summed E-state index contributed by atoms with van der Waals surface area (Å²) in [5.74, 6) is 2.33. The first kappa shape index (κ1) is 19.2. The maximum Gasteiger partial charge on any atom is 0.242 e. The van der Waals surface area contributed by atoms with Crippen LogP contribution in [-0.2, 0) is 19.6 Å². The predicted octanol–water partition coefficient (Wildman–Crippen LogP) is 0.813. The average Bonchev–Trinajstić information content (AvgIpc) is 2.57. The van der Waals surface area contributed by atoms with Crippen molar-refractivity contribution in [1.82, 2.24) is 14.5 Å². The van der Waals surface area contributed by atoms with Gasteiger partial charge in [0.25, 0.3) is 0 Å². The van der Waals surface area contributed by atoms with Gasteiger partial charge in [-0.05, 0) is 61.7 Å². The highest BCUT2D eigenvalue weighted by Crippen LogP contribution is 2.61. The Kier molecular flexibility index (Phi) is 4.99. The molecular weight excluding hydrogens is 366 g/mol. The number of hydrogen-bond acceptors (Lipinski definition) is 4. The van der Waals surface area contributed by atoms with Gasteiger partial charge in [-0.2, -0.15) is 4.31 Å². The second kappa shape index (κ2) is 7.03. The van der Waals surface area contributed by atoms with Crippen LogP contribution in [0.15, 0.2) is 0 Å². The molecule has 2 amide bonds. The van der Waals surface area contributed by atoms with E-state index in [0.717, 1.165) is 17.8 Å². The summed E-state index contributed by atoms with van der Waals surface area (Å²) in [5, 5.41) is 2.83. The normalized spacial score (nSPS) is 36.0. The van der Waals surface area contributed by atoms with Crippen molar-refractivity contribution >= 4 is 21.8 Å². The van der Waals surface area contributed by atoms with Gasteiger partial charge in [-0.15, -0.1) is 0 Å². The lowest BCUT2D eigenvalue weighted by Crippen LogP contribution is -2.52. The number of carbonyl (C=O) groups is 2. The standard InChI is InChI=1S/C19H31N3O4S/c1-27(25,26)22-4-2-21(3-5-22)18(24)13-20-17(23)12-19-9-14-6-15(10-19)8-16(7-14)11-19/h14-16H,2-13H2,1H3,(H,20,23). The van der Waals surface area contributed by atoms with Gasteiger partial charge in [0, 0.05) is 32.6 Å². The van der Waals surface area contributed by atoms with E-state index < -0.39 is 10.0 Å². The van der Waals surface area contributed by atoms with E-state index in [0.29, 0.717) is 32.6 Å². The molecule has 27 heavy (non-hydrogen) atoms. The third kappa shape index (κ3) is 4.16. The van der Waals surface area contributed by atoms with Crippen LogP contribution in [0.4, 0.5) is 0 Å². The maximum atomic E-state index is 12.5. The van der Waals surface area contributed by atoms with Gasteiger partial charge in [-0.3, -0.25) is 9.59 Å². The summed E-state index contributed by atoms with van der Waals surface area (Å²) in [6.45, 7) is 1.44. The van der Waals surface area contributed by atoms with E-state index in [-0.39, 0.29) is 23.8 Å². The molecular formula is C19H31N3O4S. The molecule has 1 N–H and O–H groups in total. The first-order valence-corrected chi connectivity index (χ1v) is 12.1. The molecule has 0 unspecified atom stereocenters. The Balaban J connectivity index is 1.24. The summed E-state index contributed by atoms with van der Waals surface area (Å²) in [4.78, 5) is 26.5. The van der Waals surface area contributed by atoms with Gasteiger partial charge in [-0.1, -0.05) is 0 Å². The second-order valence-corrected chi connectivity index (χ2v) is 11.4. The van der Waals surface area contributed by atoms with E-state index in [1.165, 1.54) is 49.1 Å². The minimum Gasteiger partial charge on any atom is -0.347 e. The Labute approximate surface area is 161 Å². The highest BCUT2D eigenvalue weighted by atomic mass is 32.2. The van der Waals surface area contributed by atoms with Crippen LogP contribution < -0.4 is 5.32 Å². The van der Waals surface area contributed by atoms with E-state index in [4.69, 9.17) is 0 Å². The molecule has 0 spiro atoms. The van der Waals surface area contributed by atoms with Crippen LogP contribution in [0, 0.1) is 23.2 Å². The molecule has 1 aliphatic heterocycles. The van der Waals surface area contributed by atoms with Crippen molar-refractivity contribution in [3.05, 3.63) is 0 Å². The predicted molar refractivity (Wildman–Crippen MR) is 101 cm³/mol. The smallest absolute Gasteiger partial charge is 0.242 e. The molecule has 5 rings (SSSR count). The Morgan fingerprint density at radius 1 is 0.963 bits per heavy atom. The Bertz CT molecular complexity index is 677. The number of nitrogens with zero attached hydrogens (tertiary/aromatic N) is 2. The molecule has 0 aromatic heterocycles. The first-order valence-electron chi connectivity index (χ1n) is 10.2. The average molecular weight is 398 g/mol. The quantitative estimate of drug-likeness (QED) is 0.744. The molecule has 1 saturated heterocycles. The SMILES string of the molecule is CS(=O)(=O)N1CCN(C(=O)CNC(=O)CC23CC4CC(CC(C4)C2)C3)CC1. The second-order valence-electron chi connectivity index (χ2n) is 9.41. The number of sulfonamides is 1. The van der Waals surface area contributed by atoms with Gasteiger partial charge in [-0.25, -0.2) is 8.42 Å². The molecule has 4 aliphatic carbocycles. The van der Waals surface area contributed by atoms with Crippen molar-refractivity contribution < 1.29 is 18.0 Å². The summed E-state index contributed by atoms with van der Waals surface area (Å²) < 4.78 is 24.5. The minimum atomic E-state index is -3.20. The van der Waals surface area contributed by atoms with Gasteiger partial charge in [0.2, 0.25) is 21.8 Å². The summed E-state index contributed by atoms with van der Waals surface area (Å²) >= 11 is 0. The van der Waals surface area contributed by atoms with Crippen molar-refractivity contribution in [2.24, 2.45) is 23.2 Å². The third-order valence-corrected chi connectivity index (χ3v) is 8.50. The molecule has 5 aliphatic rings. The monoisotopic (exact) mass is 397 g/mol. The molecule has 0 radical (unpaired) electrons. The number of hydrogen-bond donors (Lipinski definition) is 1. The number of rotatable bonds is 5. The van der Waals surface area contributed by atoms with E-state index in [2.05, 4.69) is 5.32 Å². The van der Waals surface area contributed by atoms with Gasteiger partial charge in [0.05, 0.1) is 12.8 Å². The molecule has 152 valence electrons. The Hall–Kier alpha value is -1.15. The Morgan fingerprint density at radius 2 is 1.48 bits per heavy atom. The highest BCUT2D eigenvalue weighted by Gasteiger charge is 2.51. The number of carbonyl (C=O) groups excluding carboxylic acids is 2. The van der Waals surface area contributed by atoms with Crippen molar-refractivity contribution in [3.63, 3.8) is 0 Å². The van der Waals surface area contributed by atoms with Crippen LogP contribution in [0.1, 0.15) is 44.9 Å². The highest BCUT2D eigenvalue weighted by molar-refractivity contribution is 7.88. The largest absolute Gasteiger partial charge is 0.347 e. The summed E-state index contributed by atoms with van der Waals surface area (Å²) in [5.41, 5.74) is 0.184. The number of piperazine rings is 1. The molecule has 0 aromatic carbocycles. The zero-order chi connectivity index (χ0) is 19.2. The zero-order valence-electron chi connectivity index (χ0n) is 16.2. The van der Waals surface area contributed by atoms with Gasteiger partial charge in [0.15, 0.2) is 0 Å². The van der Waals surface area contributed by atoms with Gasteiger partial charge < -0.3 is 10.2 Å². The van der Waals surface area contributed by atoms with Gasteiger partial charge in [0.1, 0.15) is 0 Å². The van der Waals surface area contributed by atoms with Crippen LogP contribution in [0.3, 0.4) is 0 Å². The lowest BCUT2D eigenvalue weighted by molar-refractivity contribution is -0.136. The maximum absolute atomic E-state index is 12.5. The van der Waals surface area contributed by atoms with Gasteiger partial charge >= 0.3 is 0 Å². The van der Waals surface area contributed by atoms with Crippen LogP contribution >= 0.6 is 0 Å². The molecule has 7 nitrogen and oxygen atoms in total. The minimum absolute atomic E-state index is 0.0000666. The molecule has 1 heterocycles. The third-order valence-electron chi connectivity index (χ3n) is 7.20. The van der Waals surface area contributed by atoms with Crippen LogP contribution in [0.2, 0.25) is 0 Å². The topological polar surface area (TPSA) is 86.8 Å². The lowest BCUT2D eigenvalue weighted by Gasteiger charge is -2.56. The molecule has 4 saturated carbocycles. The zero-order valence-corrected chi connectivity index (χ0v) is 17.0. The fourth-order valence-electron chi connectivity index (χ4n) is 6.46. The summed E-state index contributed by atoms with van der Waals surface area (Å²) in [6.07, 6.45) is 9.40. The first-order chi connectivity index (χ1) is 12.7. The van der Waals surface area contributed by atoms with Crippen LogP contribution in [0.25, 0.3) is 0 Å². The van der Waals surface area contributed by atoms with Crippen molar-refractivity contribution in [1.29, 1.82) is 0 Å². The van der Waals surface area contributed by atoms with Crippen LogP contribution in [0.5, 0.6) is 0 Å².